The molecular formula is C23H28ClN5O. The number of hydrogen-bond acceptors (Lipinski definition) is 5. The maximum absolute atomic E-state index is 12.9. The van der Waals surface area contributed by atoms with E-state index < -0.39 is 0 Å². The molecule has 0 radical (unpaired) electrons. The molecule has 1 N–H and O–H groups in total. The Bertz CT molecular complexity index is 906. The standard InChI is InChI=1S/C23H28ClN5O/c1-3-17-10-22(14(2)29(17)13-26)27-23(30)20-7-6-19(9-21(20)24)28-12-16-8-18(28)5-4-15(16)11-25/h6-7,9,14-18,22H,3-5,8,10,12H2,1-2H3,(H,27,30)/t14-,15?,16?,17+,18?,22-/m1/s1. The van der Waals surface area contributed by atoms with Gasteiger partial charge in [-0.05, 0) is 63.1 Å². The van der Waals surface area contributed by atoms with Crippen LogP contribution in [0.25, 0.3) is 0 Å². The molecule has 3 aliphatic rings. The number of amides is 1. The van der Waals surface area contributed by atoms with E-state index in [-0.39, 0.29) is 30.0 Å². The second-order valence-corrected chi connectivity index (χ2v) is 9.31. The Morgan fingerprint density at radius 1 is 1.30 bits per heavy atom. The Labute approximate surface area is 183 Å². The second kappa shape index (κ2) is 8.36. The summed E-state index contributed by atoms with van der Waals surface area (Å²) in [4.78, 5) is 17.0. The van der Waals surface area contributed by atoms with Crippen LogP contribution in [0, 0.1) is 34.6 Å². The molecule has 6 atom stereocenters. The number of likely N-dealkylation sites (tertiary alicyclic amines) is 1. The van der Waals surface area contributed by atoms with Gasteiger partial charge in [-0.25, -0.2) is 0 Å². The minimum atomic E-state index is -0.192. The van der Waals surface area contributed by atoms with Crippen LogP contribution in [0.15, 0.2) is 18.2 Å². The van der Waals surface area contributed by atoms with Crippen molar-refractivity contribution in [2.45, 2.75) is 70.1 Å². The topological polar surface area (TPSA) is 83.2 Å². The van der Waals surface area contributed by atoms with Crippen LogP contribution >= 0.6 is 11.6 Å². The summed E-state index contributed by atoms with van der Waals surface area (Å²) in [7, 11) is 0. The van der Waals surface area contributed by atoms with E-state index in [9.17, 15) is 15.3 Å². The molecule has 30 heavy (non-hydrogen) atoms. The van der Waals surface area contributed by atoms with E-state index in [0.29, 0.717) is 22.5 Å². The number of rotatable bonds is 4. The van der Waals surface area contributed by atoms with Crippen LogP contribution in [0.3, 0.4) is 0 Å². The molecule has 2 aliphatic heterocycles. The average molecular weight is 426 g/mol. The fraction of sp³-hybridized carbons (Fsp3) is 0.609. The van der Waals surface area contributed by atoms with Crippen LogP contribution in [-0.4, -0.2) is 41.5 Å². The molecule has 3 unspecified atom stereocenters. The van der Waals surface area contributed by atoms with E-state index >= 15 is 0 Å². The van der Waals surface area contributed by atoms with Gasteiger partial charge in [0.2, 0.25) is 0 Å². The van der Waals surface area contributed by atoms with E-state index in [2.05, 4.69) is 29.4 Å². The molecule has 7 heteroatoms. The number of benzene rings is 1. The van der Waals surface area contributed by atoms with Crippen molar-refractivity contribution >= 4 is 23.2 Å². The van der Waals surface area contributed by atoms with Crippen molar-refractivity contribution in [3.63, 3.8) is 0 Å². The average Bonchev–Trinajstić information content (AvgIpc) is 3.24. The summed E-state index contributed by atoms with van der Waals surface area (Å²) >= 11 is 6.53. The molecule has 6 nitrogen and oxygen atoms in total. The molecule has 2 saturated heterocycles. The fourth-order valence-electron chi connectivity index (χ4n) is 5.57. The van der Waals surface area contributed by atoms with Gasteiger partial charge in [-0.3, -0.25) is 4.79 Å². The SMILES string of the molecule is CC[C@H]1C[C@@H](NC(=O)c2ccc(N3CC4CC3CCC4C#N)cc2Cl)[C@@H](C)N1C#N. The first-order valence-electron chi connectivity index (χ1n) is 10.9. The van der Waals surface area contributed by atoms with Gasteiger partial charge in [0.05, 0.1) is 34.7 Å². The van der Waals surface area contributed by atoms with Crippen molar-refractivity contribution in [3.8, 4) is 12.3 Å². The molecule has 2 heterocycles. The van der Waals surface area contributed by atoms with E-state index in [4.69, 9.17) is 11.6 Å². The predicted molar refractivity (Wildman–Crippen MR) is 116 cm³/mol. The highest BCUT2D eigenvalue weighted by Crippen LogP contribution is 2.42. The molecule has 1 amide bonds. The van der Waals surface area contributed by atoms with Crippen molar-refractivity contribution in [3.05, 3.63) is 28.8 Å². The number of carbonyl (C=O) groups is 1. The minimum absolute atomic E-state index is 0.0288. The van der Waals surface area contributed by atoms with Gasteiger partial charge in [-0.1, -0.05) is 18.5 Å². The third-order valence-corrected chi connectivity index (χ3v) is 7.68. The summed E-state index contributed by atoms with van der Waals surface area (Å²) in [6.45, 7) is 4.93. The number of nitrogens with zero attached hydrogens (tertiary/aromatic N) is 4. The van der Waals surface area contributed by atoms with Gasteiger partial charge < -0.3 is 15.1 Å². The van der Waals surface area contributed by atoms with E-state index in [1.807, 2.05) is 19.1 Å². The first kappa shape index (κ1) is 20.8. The number of fused-ring (bicyclic) bond motifs is 2. The molecule has 1 saturated carbocycles. The summed E-state index contributed by atoms with van der Waals surface area (Å²) in [5, 5.41) is 22.3. The molecule has 3 fully saturated rings. The summed E-state index contributed by atoms with van der Waals surface area (Å²) < 4.78 is 0. The van der Waals surface area contributed by atoms with Gasteiger partial charge in [-0.15, -0.1) is 0 Å². The summed E-state index contributed by atoms with van der Waals surface area (Å²) in [5.74, 6) is 0.386. The monoisotopic (exact) mass is 425 g/mol. The maximum atomic E-state index is 12.9. The lowest BCUT2D eigenvalue weighted by Crippen LogP contribution is -2.42. The van der Waals surface area contributed by atoms with Crippen LogP contribution in [0.4, 0.5) is 5.69 Å². The molecule has 1 aromatic carbocycles. The Morgan fingerprint density at radius 3 is 2.73 bits per heavy atom. The van der Waals surface area contributed by atoms with Gasteiger partial charge in [0, 0.05) is 24.3 Å². The highest BCUT2D eigenvalue weighted by Gasteiger charge is 2.41. The molecule has 1 aromatic rings. The zero-order chi connectivity index (χ0) is 21.4. The van der Waals surface area contributed by atoms with Crippen molar-refractivity contribution in [2.75, 3.05) is 11.4 Å². The largest absolute Gasteiger partial charge is 0.368 e. The highest BCUT2D eigenvalue weighted by molar-refractivity contribution is 6.34. The Morgan fingerprint density at radius 2 is 2.10 bits per heavy atom. The lowest BCUT2D eigenvalue weighted by molar-refractivity contribution is 0.0931. The molecular weight excluding hydrogens is 398 g/mol. The van der Waals surface area contributed by atoms with Crippen molar-refractivity contribution in [2.24, 2.45) is 11.8 Å². The quantitative estimate of drug-likeness (QED) is 0.739. The van der Waals surface area contributed by atoms with Gasteiger partial charge >= 0.3 is 0 Å². The zero-order valence-corrected chi connectivity index (χ0v) is 18.3. The van der Waals surface area contributed by atoms with Crippen molar-refractivity contribution in [1.29, 1.82) is 10.5 Å². The second-order valence-electron chi connectivity index (χ2n) is 8.90. The van der Waals surface area contributed by atoms with Crippen LogP contribution in [0.5, 0.6) is 0 Å². The maximum Gasteiger partial charge on any atom is 0.253 e. The van der Waals surface area contributed by atoms with Gasteiger partial charge in [-0.2, -0.15) is 10.5 Å². The Kier molecular flexibility index (Phi) is 5.80. The Balaban J connectivity index is 1.46. The van der Waals surface area contributed by atoms with Crippen molar-refractivity contribution < 1.29 is 4.79 Å². The van der Waals surface area contributed by atoms with Gasteiger partial charge in [0.1, 0.15) is 0 Å². The Hall–Kier alpha value is -2.44. The van der Waals surface area contributed by atoms with Crippen LogP contribution in [0.2, 0.25) is 5.02 Å². The van der Waals surface area contributed by atoms with Crippen LogP contribution < -0.4 is 10.2 Å². The summed E-state index contributed by atoms with van der Waals surface area (Å²) in [6, 6.07) is 8.64. The normalized spacial score (nSPS) is 32.6. The number of anilines is 1. The minimum Gasteiger partial charge on any atom is -0.368 e. The fourth-order valence-corrected chi connectivity index (χ4v) is 5.83. The zero-order valence-electron chi connectivity index (χ0n) is 17.5. The van der Waals surface area contributed by atoms with Crippen LogP contribution in [-0.2, 0) is 0 Å². The van der Waals surface area contributed by atoms with Crippen molar-refractivity contribution in [1.82, 2.24) is 10.2 Å². The number of hydrogen-bond donors (Lipinski definition) is 1. The number of halogens is 1. The number of nitriles is 2. The predicted octanol–water partition coefficient (Wildman–Crippen LogP) is 3.92. The third kappa shape index (κ3) is 3.59. The lowest BCUT2D eigenvalue weighted by atomic mass is 9.81. The molecule has 1 aliphatic carbocycles. The van der Waals surface area contributed by atoms with E-state index in [1.54, 1.807) is 11.0 Å². The third-order valence-electron chi connectivity index (χ3n) is 7.37. The smallest absolute Gasteiger partial charge is 0.253 e. The molecule has 4 rings (SSSR count). The summed E-state index contributed by atoms with van der Waals surface area (Å²) in [6.07, 6.45) is 6.97. The number of nitrogens with one attached hydrogen (secondary N) is 1. The highest BCUT2D eigenvalue weighted by atomic mass is 35.5. The summed E-state index contributed by atoms with van der Waals surface area (Å²) in [5.41, 5.74) is 1.49. The van der Waals surface area contributed by atoms with E-state index in [1.165, 1.54) is 0 Å². The van der Waals surface area contributed by atoms with Gasteiger partial charge in [0.15, 0.2) is 6.19 Å². The van der Waals surface area contributed by atoms with E-state index in [0.717, 1.165) is 44.3 Å². The molecule has 2 bridgehead atoms. The first-order valence-corrected chi connectivity index (χ1v) is 11.3. The van der Waals surface area contributed by atoms with Crippen LogP contribution in [0.1, 0.15) is 56.3 Å². The molecule has 0 spiro atoms. The molecule has 158 valence electrons. The van der Waals surface area contributed by atoms with Gasteiger partial charge in [0.25, 0.3) is 5.91 Å². The lowest BCUT2D eigenvalue weighted by Gasteiger charge is -2.27. The first-order chi connectivity index (χ1) is 14.5. The molecule has 0 aromatic heterocycles. The number of carbonyl (C=O) groups excluding carboxylic acids is 1.